The first-order valence-corrected chi connectivity index (χ1v) is 6.78. The van der Waals surface area contributed by atoms with E-state index in [1.807, 2.05) is 25.1 Å². The molecule has 0 radical (unpaired) electrons. The zero-order valence-corrected chi connectivity index (χ0v) is 11.9. The lowest BCUT2D eigenvalue weighted by molar-refractivity contribution is -0.124. The Morgan fingerprint density at radius 2 is 1.76 bits per heavy atom. The lowest BCUT2D eigenvalue weighted by atomic mass is 10.1. The molecule has 106 valence electrons. The van der Waals surface area contributed by atoms with Gasteiger partial charge in [0.15, 0.2) is 6.10 Å². The normalized spacial score (nSPS) is 17.1. The molecule has 0 aromatic heterocycles. The number of imide groups is 1. The summed E-state index contributed by atoms with van der Waals surface area (Å²) in [6.45, 7) is 3.60. The van der Waals surface area contributed by atoms with Gasteiger partial charge in [0.05, 0.1) is 5.69 Å². The van der Waals surface area contributed by atoms with Gasteiger partial charge < -0.3 is 4.74 Å². The molecular weight excluding hydrogens is 266 g/mol. The van der Waals surface area contributed by atoms with Crippen LogP contribution in [0.15, 0.2) is 48.5 Å². The second-order valence-electron chi connectivity index (χ2n) is 5.07. The molecule has 4 heteroatoms. The summed E-state index contributed by atoms with van der Waals surface area (Å²) in [6, 6.07) is 14.2. The van der Waals surface area contributed by atoms with Gasteiger partial charge in [0.2, 0.25) is 0 Å². The predicted octanol–water partition coefficient (Wildman–Crippen LogP) is 2.95. The van der Waals surface area contributed by atoms with Gasteiger partial charge in [0.1, 0.15) is 5.75 Å². The second kappa shape index (κ2) is 5.05. The van der Waals surface area contributed by atoms with E-state index in [0.29, 0.717) is 17.0 Å². The molecule has 0 fully saturated rings. The van der Waals surface area contributed by atoms with Crippen molar-refractivity contribution in [2.75, 3.05) is 4.90 Å². The van der Waals surface area contributed by atoms with Crippen LogP contribution in [0.3, 0.4) is 0 Å². The molecule has 1 heterocycles. The largest absolute Gasteiger partial charge is 0.479 e. The molecule has 21 heavy (non-hydrogen) atoms. The molecule has 0 bridgehead atoms. The quantitative estimate of drug-likeness (QED) is 0.755. The van der Waals surface area contributed by atoms with Crippen LogP contribution in [0.5, 0.6) is 5.75 Å². The number of benzene rings is 2. The molecule has 0 N–H and O–H groups in total. The van der Waals surface area contributed by atoms with E-state index >= 15 is 0 Å². The van der Waals surface area contributed by atoms with Gasteiger partial charge in [-0.15, -0.1) is 0 Å². The summed E-state index contributed by atoms with van der Waals surface area (Å²) in [6.07, 6.45) is -0.672. The topological polar surface area (TPSA) is 46.6 Å². The minimum absolute atomic E-state index is 0.331. The maximum Gasteiger partial charge on any atom is 0.274 e. The first kappa shape index (κ1) is 13.4. The van der Waals surface area contributed by atoms with E-state index in [0.717, 1.165) is 5.56 Å². The van der Waals surface area contributed by atoms with Crippen molar-refractivity contribution in [1.29, 1.82) is 0 Å². The number of hydrogen-bond donors (Lipinski definition) is 0. The van der Waals surface area contributed by atoms with Gasteiger partial charge in [0.25, 0.3) is 11.8 Å². The Labute approximate surface area is 123 Å². The Kier molecular flexibility index (Phi) is 3.22. The van der Waals surface area contributed by atoms with Crippen molar-refractivity contribution in [3.05, 3.63) is 59.7 Å². The van der Waals surface area contributed by atoms with Crippen LogP contribution in [-0.4, -0.2) is 17.9 Å². The van der Waals surface area contributed by atoms with Gasteiger partial charge in [0, 0.05) is 5.56 Å². The molecule has 1 atom stereocenters. The van der Waals surface area contributed by atoms with Crippen LogP contribution in [0.4, 0.5) is 5.69 Å². The summed E-state index contributed by atoms with van der Waals surface area (Å²) in [5.41, 5.74) is 2.04. The standard InChI is InChI=1S/C17H15NO3/c1-11-7-9-13(10-8-11)17(20)18-14-5-3-4-6-15(14)21-12(2)16(18)19/h3-10,12H,1-2H3/t12-/m1/s1. The third-order valence-electron chi connectivity index (χ3n) is 3.48. The van der Waals surface area contributed by atoms with E-state index in [4.69, 9.17) is 4.74 Å². The van der Waals surface area contributed by atoms with Crippen LogP contribution in [-0.2, 0) is 4.79 Å². The van der Waals surface area contributed by atoms with E-state index in [1.165, 1.54) is 4.90 Å². The zero-order valence-electron chi connectivity index (χ0n) is 11.9. The molecule has 0 spiro atoms. The van der Waals surface area contributed by atoms with Crippen molar-refractivity contribution < 1.29 is 14.3 Å². The third kappa shape index (κ3) is 2.29. The molecular formula is C17H15NO3. The maximum atomic E-state index is 12.7. The highest BCUT2D eigenvalue weighted by atomic mass is 16.5. The Hall–Kier alpha value is -2.62. The highest BCUT2D eigenvalue weighted by Gasteiger charge is 2.35. The average Bonchev–Trinajstić information content (AvgIpc) is 2.49. The van der Waals surface area contributed by atoms with Crippen molar-refractivity contribution in [1.82, 2.24) is 0 Å². The van der Waals surface area contributed by atoms with E-state index in [-0.39, 0.29) is 11.8 Å². The SMILES string of the molecule is Cc1ccc(C(=O)N2C(=O)[C@@H](C)Oc3ccccc32)cc1. The number of hydrogen-bond acceptors (Lipinski definition) is 3. The van der Waals surface area contributed by atoms with Crippen LogP contribution < -0.4 is 9.64 Å². The van der Waals surface area contributed by atoms with Gasteiger partial charge >= 0.3 is 0 Å². The number of anilines is 1. The van der Waals surface area contributed by atoms with Crippen molar-refractivity contribution in [2.24, 2.45) is 0 Å². The number of fused-ring (bicyclic) bond motifs is 1. The fourth-order valence-corrected chi connectivity index (χ4v) is 2.32. The van der Waals surface area contributed by atoms with Crippen molar-refractivity contribution in [2.45, 2.75) is 20.0 Å². The molecule has 0 saturated carbocycles. The fraction of sp³-hybridized carbons (Fsp3) is 0.176. The zero-order chi connectivity index (χ0) is 15.0. The number of amides is 2. The first-order valence-electron chi connectivity index (χ1n) is 6.78. The summed E-state index contributed by atoms with van der Waals surface area (Å²) < 4.78 is 5.54. The average molecular weight is 281 g/mol. The molecule has 2 aromatic rings. The van der Waals surface area contributed by atoms with Crippen LogP contribution in [0.1, 0.15) is 22.8 Å². The van der Waals surface area contributed by atoms with E-state index < -0.39 is 6.10 Å². The van der Waals surface area contributed by atoms with Crippen LogP contribution in [0.2, 0.25) is 0 Å². The first-order chi connectivity index (χ1) is 10.1. The number of carbonyl (C=O) groups excluding carboxylic acids is 2. The van der Waals surface area contributed by atoms with E-state index in [2.05, 4.69) is 0 Å². The van der Waals surface area contributed by atoms with Crippen molar-refractivity contribution in [3.8, 4) is 5.75 Å². The summed E-state index contributed by atoms with van der Waals surface area (Å²) >= 11 is 0. The Morgan fingerprint density at radius 1 is 1.10 bits per heavy atom. The second-order valence-corrected chi connectivity index (χ2v) is 5.07. The van der Waals surface area contributed by atoms with Gasteiger partial charge in [-0.2, -0.15) is 0 Å². The third-order valence-corrected chi connectivity index (χ3v) is 3.48. The number of rotatable bonds is 1. The van der Waals surface area contributed by atoms with Crippen molar-refractivity contribution >= 4 is 17.5 Å². The van der Waals surface area contributed by atoms with Gasteiger partial charge in [-0.3, -0.25) is 9.59 Å². The minimum Gasteiger partial charge on any atom is -0.479 e. The maximum absolute atomic E-state index is 12.7. The van der Waals surface area contributed by atoms with Crippen molar-refractivity contribution in [3.63, 3.8) is 0 Å². The molecule has 1 aliphatic rings. The molecule has 0 saturated heterocycles. The molecule has 3 rings (SSSR count). The summed E-state index contributed by atoms with van der Waals surface area (Å²) in [5.74, 6) is -0.132. The number of carbonyl (C=O) groups is 2. The monoisotopic (exact) mass is 281 g/mol. The lowest BCUT2D eigenvalue weighted by Crippen LogP contribution is -2.47. The summed E-state index contributed by atoms with van der Waals surface area (Å²) in [5, 5.41) is 0. The van der Waals surface area contributed by atoms with E-state index in [1.54, 1.807) is 37.3 Å². The molecule has 4 nitrogen and oxygen atoms in total. The highest BCUT2D eigenvalue weighted by molar-refractivity contribution is 6.23. The number of para-hydroxylation sites is 2. The molecule has 2 amide bonds. The number of ether oxygens (including phenoxy) is 1. The Balaban J connectivity index is 2.05. The van der Waals surface area contributed by atoms with E-state index in [9.17, 15) is 9.59 Å². The smallest absolute Gasteiger partial charge is 0.274 e. The predicted molar refractivity (Wildman–Crippen MR) is 79.5 cm³/mol. The van der Waals surface area contributed by atoms with Gasteiger partial charge in [-0.05, 0) is 38.1 Å². The minimum atomic E-state index is -0.672. The molecule has 1 aliphatic heterocycles. The van der Waals surface area contributed by atoms with Crippen LogP contribution in [0, 0.1) is 6.92 Å². The van der Waals surface area contributed by atoms with Gasteiger partial charge in [-0.25, -0.2) is 4.90 Å². The fourth-order valence-electron chi connectivity index (χ4n) is 2.32. The Bertz CT molecular complexity index is 706. The summed E-state index contributed by atoms with van der Waals surface area (Å²) in [7, 11) is 0. The lowest BCUT2D eigenvalue weighted by Gasteiger charge is -2.31. The Morgan fingerprint density at radius 3 is 2.48 bits per heavy atom. The van der Waals surface area contributed by atoms with Crippen LogP contribution in [0.25, 0.3) is 0 Å². The summed E-state index contributed by atoms with van der Waals surface area (Å²) in [4.78, 5) is 26.2. The molecule has 2 aromatic carbocycles. The molecule has 0 unspecified atom stereocenters. The number of aryl methyl sites for hydroxylation is 1. The highest BCUT2D eigenvalue weighted by Crippen LogP contribution is 2.34. The van der Waals surface area contributed by atoms with Gasteiger partial charge in [-0.1, -0.05) is 29.8 Å². The molecule has 0 aliphatic carbocycles. The number of nitrogens with zero attached hydrogens (tertiary/aromatic N) is 1. The van der Waals surface area contributed by atoms with Crippen LogP contribution >= 0.6 is 0 Å².